The van der Waals surface area contributed by atoms with Crippen molar-refractivity contribution in [2.75, 3.05) is 0 Å². The van der Waals surface area contributed by atoms with Gasteiger partial charge < -0.3 is 10.6 Å². The Balaban J connectivity index is 0.934. The predicted octanol–water partition coefficient (Wildman–Crippen LogP) is 13.8. The van der Waals surface area contributed by atoms with Crippen LogP contribution in [-0.2, 0) is 10.8 Å². The van der Waals surface area contributed by atoms with E-state index in [0.29, 0.717) is 17.3 Å². The van der Waals surface area contributed by atoms with Crippen LogP contribution < -0.4 is 10.6 Å². The van der Waals surface area contributed by atoms with Gasteiger partial charge in [0, 0.05) is 16.7 Å². The number of hydrogen-bond donors (Lipinski definition) is 2. The molecule has 0 bridgehead atoms. The van der Waals surface area contributed by atoms with E-state index in [1.165, 1.54) is 115 Å². The topological polar surface area (TPSA) is 24.1 Å². The van der Waals surface area contributed by atoms with Gasteiger partial charge in [0.25, 0.3) is 0 Å². The van der Waals surface area contributed by atoms with Crippen molar-refractivity contribution in [3.63, 3.8) is 0 Å². The number of allylic oxidation sites excluding steroid dienone is 9. The molecule has 300 valence electrons. The van der Waals surface area contributed by atoms with E-state index in [0.717, 1.165) is 25.7 Å². The highest BCUT2D eigenvalue weighted by Gasteiger charge is 2.55. The van der Waals surface area contributed by atoms with Crippen LogP contribution in [-0.4, -0.2) is 12.1 Å². The number of rotatable bonds is 5. The molecule has 7 aliphatic carbocycles. The second-order valence-electron chi connectivity index (χ2n) is 19.2. The first kappa shape index (κ1) is 36.5. The number of hydrogen-bond acceptors (Lipinski definition) is 2. The standard InChI is InChI=1S/C58H58N2/c1-6-18-40(19-7-1)53-54(41-20-8-2-9-21-41)60-56(55(59-53)42-22-10-3-11-23-42)43-28-26-39(27-29-43)44-30-31-50-46(36-44)48-37-47-45-24-12-13-25-49(45)57(32-14-4-15-33-57)51(47)38-52(48)58(50)34-16-5-17-35-58/h2-3,6,8,10-13,18-20,22-31,36-38,47,51,53-54,59-60H,1,4-5,7,9,14-17,21,32-35H2. The van der Waals surface area contributed by atoms with Crippen LogP contribution in [0.3, 0.4) is 0 Å². The lowest BCUT2D eigenvalue weighted by Gasteiger charge is -2.43. The molecule has 2 N–H and O–H groups in total. The van der Waals surface area contributed by atoms with Gasteiger partial charge in [-0.15, -0.1) is 0 Å². The molecule has 12 rings (SSSR count). The molecule has 0 aromatic heterocycles. The quantitative estimate of drug-likeness (QED) is 0.211. The van der Waals surface area contributed by atoms with Crippen LogP contribution in [0.2, 0.25) is 0 Å². The maximum atomic E-state index is 4.17. The molecule has 2 spiro atoms. The fourth-order valence-corrected chi connectivity index (χ4v) is 13.4. The summed E-state index contributed by atoms with van der Waals surface area (Å²) in [7, 11) is 0. The Morgan fingerprint density at radius 1 is 0.567 bits per heavy atom. The Bertz CT molecular complexity index is 2560. The van der Waals surface area contributed by atoms with Crippen LogP contribution in [0.4, 0.5) is 0 Å². The maximum absolute atomic E-state index is 4.17. The first-order chi connectivity index (χ1) is 29.7. The van der Waals surface area contributed by atoms with Gasteiger partial charge in [-0.1, -0.05) is 178 Å². The Kier molecular flexibility index (Phi) is 8.94. The van der Waals surface area contributed by atoms with E-state index in [9.17, 15) is 0 Å². The van der Waals surface area contributed by atoms with Gasteiger partial charge >= 0.3 is 0 Å². The lowest BCUT2D eigenvalue weighted by Crippen LogP contribution is -2.53. The highest BCUT2D eigenvalue weighted by Crippen LogP contribution is 2.66. The monoisotopic (exact) mass is 782 g/mol. The largest absolute Gasteiger partial charge is 0.374 e. The minimum atomic E-state index is 0.158. The summed E-state index contributed by atoms with van der Waals surface area (Å²) in [6, 6.07) is 37.9. The lowest BCUT2D eigenvalue weighted by molar-refractivity contribution is 0.231. The highest BCUT2D eigenvalue weighted by atomic mass is 15.1. The Morgan fingerprint density at radius 3 is 2.05 bits per heavy atom. The summed E-state index contributed by atoms with van der Waals surface area (Å²) in [4.78, 5) is 0. The van der Waals surface area contributed by atoms with E-state index >= 15 is 0 Å². The van der Waals surface area contributed by atoms with Gasteiger partial charge in [-0.2, -0.15) is 0 Å². The summed E-state index contributed by atoms with van der Waals surface area (Å²) in [5, 5.41) is 8.29. The summed E-state index contributed by atoms with van der Waals surface area (Å²) in [5.41, 5.74) is 20.4. The molecule has 1 aliphatic heterocycles. The maximum Gasteiger partial charge on any atom is 0.0751 e. The number of nitrogens with one attached hydrogen (secondary N) is 2. The Hall–Kier alpha value is -5.34. The molecule has 8 aliphatic rings. The van der Waals surface area contributed by atoms with Crippen molar-refractivity contribution in [2.24, 2.45) is 5.92 Å². The average molecular weight is 783 g/mol. The molecule has 2 nitrogen and oxygen atoms in total. The molecule has 4 atom stereocenters. The molecular weight excluding hydrogens is 725 g/mol. The molecule has 0 radical (unpaired) electrons. The van der Waals surface area contributed by atoms with Gasteiger partial charge in [-0.25, -0.2) is 0 Å². The van der Waals surface area contributed by atoms with Crippen molar-refractivity contribution in [1.82, 2.24) is 10.6 Å². The van der Waals surface area contributed by atoms with Gasteiger partial charge in [0.05, 0.1) is 23.5 Å². The normalized spacial score (nSPS) is 26.8. The smallest absolute Gasteiger partial charge is 0.0751 e. The van der Waals surface area contributed by atoms with Crippen LogP contribution in [0.1, 0.15) is 129 Å². The van der Waals surface area contributed by atoms with E-state index in [-0.39, 0.29) is 17.5 Å². The molecule has 0 amide bonds. The minimum Gasteiger partial charge on any atom is -0.374 e. The summed E-state index contributed by atoms with van der Waals surface area (Å²) < 4.78 is 0. The van der Waals surface area contributed by atoms with Crippen LogP contribution in [0.5, 0.6) is 0 Å². The second-order valence-corrected chi connectivity index (χ2v) is 19.2. The molecule has 1 heterocycles. The molecule has 4 aromatic carbocycles. The summed E-state index contributed by atoms with van der Waals surface area (Å²) in [5.74, 6) is 1.06. The second kappa shape index (κ2) is 14.7. The minimum absolute atomic E-state index is 0.158. The average Bonchev–Trinajstić information content (AvgIpc) is 3.73. The summed E-state index contributed by atoms with van der Waals surface area (Å²) >= 11 is 0. The fourth-order valence-electron chi connectivity index (χ4n) is 13.4. The first-order valence-electron chi connectivity index (χ1n) is 23.5. The van der Waals surface area contributed by atoms with Gasteiger partial charge in [-0.05, 0) is 130 Å². The van der Waals surface area contributed by atoms with Crippen molar-refractivity contribution in [3.05, 3.63) is 196 Å². The molecule has 0 saturated heterocycles. The van der Waals surface area contributed by atoms with Crippen LogP contribution in [0, 0.1) is 5.92 Å². The Morgan fingerprint density at radius 2 is 1.28 bits per heavy atom. The highest BCUT2D eigenvalue weighted by molar-refractivity contribution is 5.94. The van der Waals surface area contributed by atoms with E-state index < -0.39 is 0 Å². The van der Waals surface area contributed by atoms with Crippen LogP contribution in [0.25, 0.3) is 28.1 Å². The van der Waals surface area contributed by atoms with Crippen molar-refractivity contribution >= 4 is 17.0 Å². The molecule has 4 aromatic rings. The summed E-state index contributed by atoms with van der Waals surface area (Å²) in [6.07, 6.45) is 37.5. The van der Waals surface area contributed by atoms with Crippen LogP contribution in [0.15, 0.2) is 162 Å². The third kappa shape index (κ3) is 5.73. The molecule has 2 fully saturated rings. The zero-order chi connectivity index (χ0) is 39.7. The molecule has 4 unspecified atom stereocenters. The molecule has 2 saturated carbocycles. The van der Waals surface area contributed by atoms with E-state index in [1.54, 1.807) is 27.8 Å². The van der Waals surface area contributed by atoms with E-state index in [4.69, 9.17) is 0 Å². The Labute approximate surface area is 357 Å². The van der Waals surface area contributed by atoms with E-state index in [1.807, 2.05) is 0 Å². The van der Waals surface area contributed by atoms with Gasteiger partial charge in [0.2, 0.25) is 0 Å². The van der Waals surface area contributed by atoms with E-state index in [2.05, 4.69) is 156 Å². The van der Waals surface area contributed by atoms with Crippen molar-refractivity contribution in [3.8, 4) is 11.1 Å². The van der Waals surface area contributed by atoms with Gasteiger partial charge in [-0.3, -0.25) is 0 Å². The predicted molar refractivity (Wildman–Crippen MR) is 250 cm³/mol. The zero-order valence-corrected chi connectivity index (χ0v) is 35.1. The van der Waals surface area contributed by atoms with Crippen LogP contribution >= 0.6 is 0 Å². The third-order valence-corrected chi connectivity index (χ3v) is 16.2. The van der Waals surface area contributed by atoms with Gasteiger partial charge in [0.15, 0.2) is 0 Å². The summed E-state index contributed by atoms with van der Waals surface area (Å²) in [6.45, 7) is 0. The first-order valence-corrected chi connectivity index (χ1v) is 23.5. The van der Waals surface area contributed by atoms with Crippen molar-refractivity contribution in [2.45, 2.75) is 119 Å². The third-order valence-electron chi connectivity index (χ3n) is 16.2. The molecule has 2 heteroatoms. The zero-order valence-electron chi connectivity index (χ0n) is 35.1. The van der Waals surface area contributed by atoms with Crippen molar-refractivity contribution < 1.29 is 0 Å². The number of benzene rings is 4. The van der Waals surface area contributed by atoms with Crippen molar-refractivity contribution in [1.29, 1.82) is 0 Å². The molecule has 60 heavy (non-hydrogen) atoms. The SMILES string of the molecule is C1=CCCC(C2NC(c3ccc(-c4ccc5c(c4)C4=CC6c7ccccc7C7(CCCCC7)C6C=C4C54CCCCC4)cc3)=C(c3ccccc3)NC2C2=CCCC=C2)=C1. The van der Waals surface area contributed by atoms with Gasteiger partial charge in [0.1, 0.15) is 0 Å². The number of fused-ring (bicyclic) bond motifs is 10. The fraction of sp³-hybridized carbons (Fsp3) is 0.345. The lowest BCUT2D eigenvalue weighted by atomic mass is 9.60. The molecular formula is C58H58N2.